The summed E-state index contributed by atoms with van der Waals surface area (Å²) in [5.74, 6) is 1.60. The second kappa shape index (κ2) is 9.19. The molecule has 0 unspecified atom stereocenters. The molecule has 0 radical (unpaired) electrons. The Labute approximate surface area is 153 Å². The Hall–Kier alpha value is -2.03. The third-order valence-corrected chi connectivity index (χ3v) is 3.01. The van der Waals surface area contributed by atoms with Crippen LogP contribution in [0.25, 0.3) is 0 Å². The van der Waals surface area contributed by atoms with Crippen molar-refractivity contribution < 1.29 is 9.47 Å². The summed E-state index contributed by atoms with van der Waals surface area (Å²) in [4.78, 5) is 8.65. The largest absolute Gasteiger partial charge is 0.493 e. The first kappa shape index (κ1) is 19.0. The van der Waals surface area contributed by atoms with Gasteiger partial charge in [0.25, 0.3) is 0 Å². The smallest absolute Gasteiger partial charge is 0.193 e. The maximum atomic E-state index is 5.89. The summed E-state index contributed by atoms with van der Waals surface area (Å²) < 4.78 is 10.4. The number of aromatic nitrogens is 1. The van der Waals surface area contributed by atoms with Gasteiger partial charge in [-0.15, -0.1) is 24.0 Å². The van der Waals surface area contributed by atoms with Crippen molar-refractivity contribution in [1.82, 2.24) is 4.98 Å². The molecule has 0 aliphatic rings. The van der Waals surface area contributed by atoms with Gasteiger partial charge >= 0.3 is 0 Å². The molecular weight excluding hydrogens is 407 g/mol. The number of nitrogens with one attached hydrogen (secondary N) is 1. The van der Waals surface area contributed by atoms with Gasteiger partial charge < -0.3 is 20.5 Å². The topological polar surface area (TPSA) is 81.8 Å². The Morgan fingerprint density at radius 1 is 1.17 bits per heavy atom. The van der Waals surface area contributed by atoms with Crippen LogP contribution in [0, 0.1) is 6.92 Å². The fourth-order valence-corrected chi connectivity index (χ4v) is 1.96. The second-order valence-electron chi connectivity index (χ2n) is 4.67. The SMILES string of the molecule is COc1ccc(NC(N)=NCc2cccc(C)n2)cc1OC.I. The summed E-state index contributed by atoms with van der Waals surface area (Å²) in [5.41, 5.74) is 8.50. The first-order valence-electron chi connectivity index (χ1n) is 6.84. The van der Waals surface area contributed by atoms with Crippen molar-refractivity contribution in [3.05, 3.63) is 47.8 Å². The lowest BCUT2D eigenvalue weighted by Gasteiger charge is -2.10. The van der Waals surface area contributed by atoms with E-state index in [1.165, 1.54) is 0 Å². The van der Waals surface area contributed by atoms with Gasteiger partial charge in [0.2, 0.25) is 0 Å². The van der Waals surface area contributed by atoms with E-state index in [4.69, 9.17) is 15.2 Å². The zero-order chi connectivity index (χ0) is 15.9. The normalized spacial score (nSPS) is 10.7. The number of hydrogen-bond donors (Lipinski definition) is 2. The monoisotopic (exact) mass is 428 g/mol. The Balaban J connectivity index is 0.00000264. The number of rotatable bonds is 5. The van der Waals surface area contributed by atoms with Crippen LogP contribution in [-0.4, -0.2) is 25.2 Å². The maximum absolute atomic E-state index is 5.89. The average Bonchev–Trinajstić information content (AvgIpc) is 2.53. The number of guanidine groups is 1. The number of benzene rings is 1. The summed E-state index contributed by atoms with van der Waals surface area (Å²) in [7, 11) is 3.18. The molecule has 1 aromatic carbocycles. The number of aryl methyl sites for hydroxylation is 1. The minimum atomic E-state index is 0. The van der Waals surface area contributed by atoms with Gasteiger partial charge in [-0.25, -0.2) is 4.99 Å². The van der Waals surface area contributed by atoms with Gasteiger partial charge in [-0.3, -0.25) is 4.98 Å². The van der Waals surface area contributed by atoms with Crippen molar-refractivity contribution in [3.8, 4) is 11.5 Å². The van der Waals surface area contributed by atoms with Crippen LogP contribution in [0.1, 0.15) is 11.4 Å². The van der Waals surface area contributed by atoms with Crippen LogP contribution in [0.3, 0.4) is 0 Å². The molecule has 0 atom stereocenters. The van der Waals surface area contributed by atoms with Crippen LogP contribution < -0.4 is 20.5 Å². The number of halogens is 1. The molecule has 2 rings (SSSR count). The van der Waals surface area contributed by atoms with Crippen molar-refractivity contribution in [3.63, 3.8) is 0 Å². The number of nitrogens with zero attached hydrogens (tertiary/aromatic N) is 2. The lowest BCUT2D eigenvalue weighted by atomic mass is 10.3. The molecule has 7 heteroatoms. The van der Waals surface area contributed by atoms with Crippen LogP contribution in [0.2, 0.25) is 0 Å². The minimum Gasteiger partial charge on any atom is -0.493 e. The number of methoxy groups -OCH3 is 2. The molecule has 6 nitrogen and oxygen atoms in total. The van der Waals surface area contributed by atoms with E-state index in [1.807, 2.05) is 31.2 Å². The van der Waals surface area contributed by atoms with Gasteiger partial charge in [-0.2, -0.15) is 0 Å². The molecule has 0 spiro atoms. The summed E-state index contributed by atoms with van der Waals surface area (Å²) >= 11 is 0. The third-order valence-electron chi connectivity index (χ3n) is 3.01. The van der Waals surface area contributed by atoms with E-state index >= 15 is 0 Å². The maximum Gasteiger partial charge on any atom is 0.193 e. The fourth-order valence-electron chi connectivity index (χ4n) is 1.96. The molecule has 1 aromatic heterocycles. The summed E-state index contributed by atoms with van der Waals surface area (Å²) in [6.07, 6.45) is 0. The Morgan fingerprint density at radius 2 is 1.91 bits per heavy atom. The van der Waals surface area contributed by atoms with Crippen LogP contribution in [0.5, 0.6) is 11.5 Å². The Kier molecular flexibility index (Phi) is 7.60. The number of hydrogen-bond acceptors (Lipinski definition) is 4. The number of aliphatic imine (C=N–C) groups is 1. The lowest BCUT2D eigenvalue weighted by Crippen LogP contribution is -2.22. The Bertz CT molecular complexity index is 677. The van der Waals surface area contributed by atoms with Gasteiger partial charge in [-0.05, 0) is 31.2 Å². The molecular formula is C16H21IN4O2. The highest BCUT2D eigenvalue weighted by molar-refractivity contribution is 14.0. The zero-order valence-electron chi connectivity index (χ0n) is 13.4. The van der Waals surface area contributed by atoms with E-state index in [1.54, 1.807) is 26.4 Å². The van der Waals surface area contributed by atoms with Crippen molar-refractivity contribution >= 4 is 35.6 Å². The molecule has 0 saturated carbocycles. The minimum absolute atomic E-state index is 0. The fraction of sp³-hybridized carbons (Fsp3) is 0.250. The molecule has 0 saturated heterocycles. The third kappa shape index (κ3) is 5.59. The lowest BCUT2D eigenvalue weighted by molar-refractivity contribution is 0.355. The van der Waals surface area contributed by atoms with E-state index < -0.39 is 0 Å². The summed E-state index contributed by atoms with van der Waals surface area (Å²) in [6, 6.07) is 11.3. The van der Waals surface area contributed by atoms with E-state index in [0.29, 0.717) is 24.0 Å². The van der Waals surface area contributed by atoms with Gasteiger partial charge in [0.05, 0.1) is 26.5 Å². The van der Waals surface area contributed by atoms with Crippen LogP contribution >= 0.6 is 24.0 Å². The summed E-state index contributed by atoms with van der Waals surface area (Å²) in [6.45, 7) is 2.37. The first-order valence-corrected chi connectivity index (χ1v) is 6.84. The standard InChI is InChI=1S/C16H20N4O2.HI/c1-11-5-4-6-13(19-11)10-18-16(17)20-12-7-8-14(21-2)15(9-12)22-3;/h4-9H,10H2,1-3H3,(H3,17,18,20);1H. The molecule has 0 amide bonds. The van der Waals surface area contributed by atoms with Crippen molar-refractivity contribution in [2.75, 3.05) is 19.5 Å². The Morgan fingerprint density at radius 3 is 2.57 bits per heavy atom. The van der Waals surface area contributed by atoms with E-state index in [9.17, 15) is 0 Å². The molecule has 1 heterocycles. The first-order chi connectivity index (χ1) is 10.6. The van der Waals surface area contributed by atoms with Crippen molar-refractivity contribution in [2.45, 2.75) is 13.5 Å². The number of ether oxygens (including phenoxy) is 2. The van der Waals surface area contributed by atoms with Crippen molar-refractivity contribution in [2.24, 2.45) is 10.7 Å². The van der Waals surface area contributed by atoms with E-state index in [-0.39, 0.29) is 24.0 Å². The van der Waals surface area contributed by atoms with Gasteiger partial charge in [-0.1, -0.05) is 6.07 Å². The second-order valence-corrected chi connectivity index (χ2v) is 4.67. The van der Waals surface area contributed by atoms with E-state index in [2.05, 4.69) is 15.3 Å². The average molecular weight is 428 g/mol. The highest BCUT2D eigenvalue weighted by atomic mass is 127. The predicted octanol–water partition coefficient (Wildman–Crippen LogP) is 2.95. The molecule has 23 heavy (non-hydrogen) atoms. The molecule has 0 bridgehead atoms. The quantitative estimate of drug-likeness (QED) is 0.435. The number of anilines is 1. The number of nitrogens with two attached hydrogens (primary N) is 1. The highest BCUT2D eigenvalue weighted by Crippen LogP contribution is 2.29. The molecule has 124 valence electrons. The van der Waals surface area contributed by atoms with Crippen LogP contribution in [0.4, 0.5) is 5.69 Å². The molecule has 0 fully saturated rings. The van der Waals surface area contributed by atoms with Gasteiger partial charge in [0.1, 0.15) is 0 Å². The van der Waals surface area contributed by atoms with Crippen molar-refractivity contribution in [1.29, 1.82) is 0 Å². The molecule has 0 aliphatic carbocycles. The summed E-state index contributed by atoms with van der Waals surface area (Å²) in [5, 5.41) is 3.02. The van der Waals surface area contributed by atoms with Crippen LogP contribution in [0.15, 0.2) is 41.4 Å². The van der Waals surface area contributed by atoms with Crippen LogP contribution in [-0.2, 0) is 6.54 Å². The van der Waals surface area contributed by atoms with Gasteiger partial charge in [0, 0.05) is 17.4 Å². The predicted molar refractivity (Wildman–Crippen MR) is 103 cm³/mol. The molecule has 2 aromatic rings. The highest BCUT2D eigenvalue weighted by Gasteiger charge is 2.05. The molecule has 3 N–H and O–H groups in total. The van der Waals surface area contributed by atoms with E-state index in [0.717, 1.165) is 17.1 Å². The number of pyridine rings is 1. The molecule has 0 aliphatic heterocycles. The zero-order valence-corrected chi connectivity index (χ0v) is 15.7. The van der Waals surface area contributed by atoms with Gasteiger partial charge in [0.15, 0.2) is 17.5 Å².